The predicted molar refractivity (Wildman–Crippen MR) is 74.5 cm³/mol. The second-order valence-corrected chi connectivity index (χ2v) is 5.70. The molecule has 5 heteroatoms. The molecule has 1 aliphatic rings. The van der Waals surface area contributed by atoms with Crippen molar-refractivity contribution in [1.82, 2.24) is 19.7 Å². The Morgan fingerprint density at radius 3 is 2.89 bits per heavy atom. The number of benzene rings is 1. The van der Waals surface area contributed by atoms with Crippen molar-refractivity contribution in [2.45, 2.75) is 30.4 Å². The number of para-hydroxylation sites is 1. The number of nitrogens with zero attached hydrogens (tertiary/aromatic N) is 4. The van der Waals surface area contributed by atoms with Crippen molar-refractivity contribution < 1.29 is 0 Å². The number of aromatic nitrogens is 4. The Hall–Kier alpha value is -1.88. The largest absolute Gasteiger partial charge is 0.253 e. The first-order chi connectivity index (χ1) is 9.22. The quantitative estimate of drug-likeness (QED) is 0.492. The van der Waals surface area contributed by atoms with E-state index >= 15 is 0 Å². The van der Waals surface area contributed by atoms with E-state index in [0.717, 1.165) is 28.7 Å². The molecule has 0 saturated carbocycles. The zero-order chi connectivity index (χ0) is 13.0. The molecule has 1 aromatic carbocycles. The molecule has 2 aromatic heterocycles. The van der Waals surface area contributed by atoms with Gasteiger partial charge in [0.1, 0.15) is 5.82 Å². The SMILES string of the molecule is Cc1nc2n(n1)Cc1c(C)nc3ccccc3c1S2. The van der Waals surface area contributed by atoms with Gasteiger partial charge in [0.05, 0.1) is 12.1 Å². The van der Waals surface area contributed by atoms with Gasteiger partial charge in [0.15, 0.2) is 5.16 Å². The molecule has 4 nitrogen and oxygen atoms in total. The fourth-order valence-corrected chi connectivity index (χ4v) is 3.69. The normalized spacial score (nSPS) is 13.4. The molecule has 0 N–H and O–H groups in total. The van der Waals surface area contributed by atoms with Crippen LogP contribution < -0.4 is 0 Å². The maximum absolute atomic E-state index is 4.69. The third kappa shape index (κ3) is 1.58. The Bertz CT molecular complexity index is 807. The van der Waals surface area contributed by atoms with Crippen molar-refractivity contribution in [2.24, 2.45) is 0 Å². The molecule has 0 radical (unpaired) electrons. The molecule has 0 bridgehead atoms. The van der Waals surface area contributed by atoms with Gasteiger partial charge < -0.3 is 0 Å². The first-order valence-electron chi connectivity index (χ1n) is 6.20. The van der Waals surface area contributed by atoms with Crippen LogP contribution in [0.5, 0.6) is 0 Å². The first kappa shape index (κ1) is 11.0. The van der Waals surface area contributed by atoms with Gasteiger partial charge in [-0.25, -0.2) is 9.67 Å². The minimum Gasteiger partial charge on any atom is -0.253 e. The van der Waals surface area contributed by atoms with Gasteiger partial charge in [-0.3, -0.25) is 4.98 Å². The molecule has 1 aliphatic heterocycles. The molecule has 4 rings (SSSR count). The van der Waals surface area contributed by atoms with Crippen molar-refractivity contribution in [3.05, 3.63) is 41.3 Å². The Balaban J connectivity index is 2.01. The van der Waals surface area contributed by atoms with Crippen LogP contribution in [-0.2, 0) is 6.54 Å². The zero-order valence-electron chi connectivity index (χ0n) is 10.7. The molecule has 0 spiro atoms. The second kappa shape index (κ2) is 3.81. The molecule has 3 aromatic rings. The molecular formula is C14H12N4S. The predicted octanol–water partition coefficient (Wildman–Crippen LogP) is 2.96. The smallest absolute Gasteiger partial charge is 0.191 e. The number of aryl methyl sites for hydroxylation is 2. The molecular weight excluding hydrogens is 256 g/mol. The van der Waals surface area contributed by atoms with Gasteiger partial charge in [-0.1, -0.05) is 18.2 Å². The topological polar surface area (TPSA) is 43.6 Å². The van der Waals surface area contributed by atoms with Gasteiger partial charge in [-0.15, -0.1) is 0 Å². The Morgan fingerprint density at radius 2 is 2.00 bits per heavy atom. The standard InChI is InChI=1S/C14H12N4S/c1-8-11-7-18-14(16-9(2)17-18)19-13(11)10-5-3-4-6-12(10)15-8/h3-6H,7H2,1-2H3. The van der Waals surface area contributed by atoms with Crippen molar-refractivity contribution in [2.75, 3.05) is 0 Å². The molecule has 0 unspecified atom stereocenters. The monoisotopic (exact) mass is 268 g/mol. The third-order valence-corrected chi connectivity index (χ3v) is 4.55. The molecule has 94 valence electrons. The second-order valence-electron chi connectivity index (χ2n) is 4.72. The van der Waals surface area contributed by atoms with E-state index in [9.17, 15) is 0 Å². The van der Waals surface area contributed by atoms with Crippen LogP contribution >= 0.6 is 11.8 Å². The van der Waals surface area contributed by atoms with Crippen LogP contribution in [0, 0.1) is 13.8 Å². The summed E-state index contributed by atoms with van der Waals surface area (Å²) in [5, 5.41) is 6.61. The summed E-state index contributed by atoms with van der Waals surface area (Å²) in [6.45, 7) is 4.77. The molecule has 0 fully saturated rings. The van der Waals surface area contributed by atoms with E-state index in [-0.39, 0.29) is 0 Å². The first-order valence-corrected chi connectivity index (χ1v) is 7.01. The Morgan fingerprint density at radius 1 is 1.16 bits per heavy atom. The highest BCUT2D eigenvalue weighted by Gasteiger charge is 2.23. The summed E-state index contributed by atoms with van der Waals surface area (Å²) in [6.07, 6.45) is 0. The minimum absolute atomic E-state index is 0.766. The minimum atomic E-state index is 0.766. The van der Waals surface area contributed by atoms with Crippen molar-refractivity contribution in [3.8, 4) is 0 Å². The lowest BCUT2D eigenvalue weighted by Gasteiger charge is -2.19. The van der Waals surface area contributed by atoms with Crippen LogP contribution in [0.15, 0.2) is 34.3 Å². The summed E-state index contributed by atoms with van der Waals surface area (Å²) < 4.78 is 1.96. The average Bonchev–Trinajstić information content (AvgIpc) is 2.76. The lowest BCUT2D eigenvalue weighted by Crippen LogP contribution is -2.12. The summed E-state index contributed by atoms with van der Waals surface area (Å²) in [7, 11) is 0. The fraction of sp³-hybridized carbons (Fsp3) is 0.214. The lowest BCUT2D eigenvalue weighted by atomic mass is 10.1. The number of rotatable bonds is 0. The molecule has 0 amide bonds. The van der Waals surface area contributed by atoms with E-state index in [1.807, 2.05) is 17.7 Å². The van der Waals surface area contributed by atoms with Gasteiger partial charge in [-0.05, 0) is 31.7 Å². The van der Waals surface area contributed by atoms with Crippen molar-refractivity contribution in [3.63, 3.8) is 0 Å². The summed E-state index contributed by atoms with van der Waals surface area (Å²) in [6, 6.07) is 8.28. The van der Waals surface area contributed by atoms with Crippen LogP contribution in [0.1, 0.15) is 17.1 Å². The number of hydrogen-bond acceptors (Lipinski definition) is 4. The maximum atomic E-state index is 4.69. The molecule has 3 heterocycles. The highest BCUT2D eigenvalue weighted by atomic mass is 32.2. The number of hydrogen-bond donors (Lipinski definition) is 0. The van der Waals surface area contributed by atoms with E-state index in [0.29, 0.717) is 0 Å². The van der Waals surface area contributed by atoms with Crippen molar-refractivity contribution >= 4 is 22.7 Å². The van der Waals surface area contributed by atoms with E-state index < -0.39 is 0 Å². The number of pyridine rings is 1. The van der Waals surface area contributed by atoms with E-state index in [2.05, 4.69) is 35.2 Å². The lowest BCUT2D eigenvalue weighted by molar-refractivity contribution is 0.597. The fourth-order valence-electron chi connectivity index (χ4n) is 2.50. The summed E-state index contributed by atoms with van der Waals surface area (Å²) in [4.78, 5) is 10.5. The Kier molecular flexibility index (Phi) is 2.20. The molecule has 0 aliphatic carbocycles. The average molecular weight is 268 g/mol. The number of fused-ring (bicyclic) bond motifs is 4. The molecule has 19 heavy (non-hydrogen) atoms. The van der Waals surface area contributed by atoms with Crippen LogP contribution in [-0.4, -0.2) is 19.7 Å². The van der Waals surface area contributed by atoms with Crippen LogP contribution in [0.25, 0.3) is 10.9 Å². The summed E-state index contributed by atoms with van der Waals surface area (Å²) >= 11 is 1.70. The molecule has 0 saturated heterocycles. The summed E-state index contributed by atoms with van der Waals surface area (Å²) in [5.74, 6) is 0.824. The van der Waals surface area contributed by atoms with Gasteiger partial charge in [0, 0.05) is 21.5 Å². The zero-order valence-corrected chi connectivity index (χ0v) is 11.5. The van der Waals surface area contributed by atoms with Gasteiger partial charge in [0.25, 0.3) is 0 Å². The van der Waals surface area contributed by atoms with Gasteiger partial charge in [0.2, 0.25) is 0 Å². The van der Waals surface area contributed by atoms with Crippen LogP contribution in [0.2, 0.25) is 0 Å². The van der Waals surface area contributed by atoms with E-state index in [1.165, 1.54) is 15.8 Å². The highest BCUT2D eigenvalue weighted by Crippen LogP contribution is 2.39. The van der Waals surface area contributed by atoms with Gasteiger partial charge in [-0.2, -0.15) is 5.10 Å². The van der Waals surface area contributed by atoms with Crippen molar-refractivity contribution in [1.29, 1.82) is 0 Å². The van der Waals surface area contributed by atoms with E-state index in [1.54, 1.807) is 11.8 Å². The van der Waals surface area contributed by atoms with Gasteiger partial charge >= 0.3 is 0 Å². The highest BCUT2D eigenvalue weighted by molar-refractivity contribution is 7.99. The summed E-state index contributed by atoms with van der Waals surface area (Å²) in [5.41, 5.74) is 3.40. The Labute approximate surface area is 114 Å². The maximum Gasteiger partial charge on any atom is 0.191 e. The van der Waals surface area contributed by atoms with Crippen LogP contribution in [0.4, 0.5) is 0 Å². The van der Waals surface area contributed by atoms with Crippen LogP contribution in [0.3, 0.4) is 0 Å². The third-order valence-electron chi connectivity index (χ3n) is 3.39. The van der Waals surface area contributed by atoms with E-state index in [4.69, 9.17) is 4.98 Å². The molecule has 0 atom stereocenters.